The first-order chi connectivity index (χ1) is 15.4. The molecule has 1 fully saturated rings. The molecule has 0 bridgehead atoms. The van der Waals surface area contributed by atoms with E-state index in [2.05, 4.69) is 9.97 Å². The van der Waals surface area contributed by atoms with Crippen LogP contribution in [0.25, 0.3) is 10.6 Å². The van der Waals surface area contributed by atoms with E-state index < -0.39 is 11.7 Å². The first-order valence-corrected chi connectivity index (χ1v) is 10.9. The second kappa shape index (κ2) is 9.15. The van der Waals surface area contributed by atoms with Crippen molar-refractivity contribution in [2.45, 2.75) is 12.6 Å². The fourth-order valence-corrected chi connectivity index (χ4v) is 4.39. The average molecular weight is 462 g/mol. The zero-order chi connectivity index (χ0) is 22.7. The number of rotatable bonds is 4. The first-order valence-electron chi connectivity index (χ1n) is 10.0. The number of halogens is 3. The summed E-state index contributed by atoms with van der Waals surface area (Å²) < 4.78 is 43.7. The van der Waals surface area contributed by atoms with Gasteiger partial charge in [0.25, 0.3) is 5.91 Å². The third-order valence-corrected chi connectivity index (χ3v) is 6.12. The summed E-state index contributed by atoms with van der Waals surface area (Å²) in [7, 11) is 1.59. The number of benzene rings is 1. The summed E-state index contributed by atoms with van der Waals surface area (Å²) in [4.78, 5) is 25.1. The number of carbonyl (C=O) groups is 1. The molecule has 0 spiro atoms. The van der Waals surface area contributed by atoms with E-state index in [4.69, 9.17) is 4.74 Å². The molecule has 10 heteroatoms. The minimum Gasteiger partial charge on any atom is -0.496 e. The number of thiazole rings is 1. The number of aromatic nitrogens is 2. The van der Waals surface area contributed by atoms with Gasteiger partial charge in [-0.15, -0.1) is 11.3 Å². The number of amides is 1. The Morgan fingerprint density at radius 1 is 1.09 bits per heavy atom. The maximum Gasteiger partial charge on any atom is 0.417 e. The lowest BCUT2D eigenvalue weighted by atomic mass is 10.2. The highest BCUT2D eigenvalue weighted by Crippen LogP contribution is 2.32. The minimum absolute atomic E-state index is 0.162. The number of hydrogen-bond acceptors (Lipinski definition) is 6. The van der Waals surface area contributed by atoms with Crippen molar-refractivity contribution in [3.8, 4) is 16.3 Å². The molecule has 32 heavy (non-hydrogen) atoms. The summed E-state index contributed by atoms with van der Waals surface area (Å²) >= 11 is 1.38. The lowest BCUT2D eigenvalue weighted by Crippen LogP contribution is -2.35. The van der Waals surface area contributed by atoms with E-state index in [1.807, 2.05) is 29.2 Å². The van der Waals surface area contributed by atoms with Crippen molar-refractivity contribution in [2.24, 2.45) is 0 Å². The normalized spacial score (nSPS) is 14.9. The summed E-state index contributed by atoms with van der Waals surface area (Å²) in [5.41, 5.74) is 0.425. The van der Waals surface area contributed by atoms with Crippen LogP contribution in [0.5, 0.6) is 5.75 Å². The molecule has 1 aromatic carbocycles. The molecule has 6 nitrogen and oxygen atoms in total. The maximum absolute atomic E-state index is 13.0. The van der Waals surface area contributed by atoms with E-state index in [-0.39, 0.29) is 5.91 Å². The van der Waals surface area contributed by atoms with E-state index in [1.54, 1.807) is 17.4 Å². The molecule has 0 aliphatic carbocycles. The second-order valence-electron chi connectivity index (χ2n) is 7.27. The Balaban J connectivity index is 1.44. The van der Waals surface area contributed by atoms with Gasteiger partial charge in [-0.25, -0.2) is 9.97 Å². The number of pyridine rings is 1. The number of hydrogen-bond donors (Lipinski definition) is 0. The zero-order valence-electron chi connectivity index (χ0n) is 17.3. The Hall–Kier alpha value is -3.14. The number of nitrogens with zero attached hydrogens (tertiary/aromatic N) is 4. The van der Waals surface area contributed by atoms with Crippen molar-refractivity contribution >= 4 is 23.1 Å². The van der Waals surface area contributed by atoms with Gasteiger partial charge < -0.3 is 14.5 Å². The van der Waals surface area contributed by atoms with Gasteiger partial charge in [0, 0.05) is 37.8 Å². The maximum atomic E-state index is 13.0. The molecule has 1 saturated heterocycles. The highest BCUT2D eigenvalue weighted by Gasteiger charge is 2.31. The monoisotopic (exact) mass is 462 g/mol. The summed E-state index contributed by atoms with van der Waals surface area (Å²) in [6.45, 7) is 2.06. The second-order valence-corrected chi connectivity index (χ2v) is 8.13. The van der Waals surface area contributed by atoms with Crippen LogP contribution in [-0.2, 0) is 6.18 Å². The average Bonchev–Trinajstić information content (AvgIpc) is 3.16. The number of anilines is 1. The molecular formula is C22H21F3N4O2S. The number of methoxy groups -OCH3 is 1. The Kier molecular flexibility index (Phi) is 6.31. The van der Waals surface area contributed by atoms with E-state index in [0.717, 1.165) is 17.8 Å². The van der Waals surface area contributed by atoms with Crippen LogP contribution >= 0.6 is 11.3 Å². The molecular weight excluding hydrogens is 441 g/mol. The van der Waals surface area contributed by atoms with Crippen molar-refractivity contribution in [1.82, 2.24) is 14.9 Å². The molecule has 3 heterocycles. The van der Waals surface area contributed by atoms with Gasteiger partial charge in [0.2, 0.25) is 0 Å². The van der Waals surface area contributed by atoms with Gasteiger partial charge in [0.05, 0.1) is 18.2 Å². The van der Waals surface area contributed by atoms with Crippen molar-refractivity contribution < 1.29 is 22.7 Å². The lowest BCUT2D eigenvalue weighted by Gasteiger charge is -2.22. The quantitative estimate of drug-likeness (QED) is 0.568. The zero-order valence-corrected chi connectivity index (χ0v) is 18.1. The third-order valence-electron chi connectivity index (χ3n) is 5.24. The largest absolute Gasteiger partial charge is 0.496 e. The molecule has 0 atom stereocenters. The standard InChI is InChI=1S/C22H21F3N4O2S/c1-31-18-6-3-2-5-16(18)20-27-17(14-32-20)21(30)29-10-4-9-28(11-12-29)19-8-7-15(13-26-19)22(23,24)25/h2-3,5-8,13-14H,4,9-12H2,1H3. The van der Waals surface area contributed by atoms with Gasteiger partial charge in [-0.05, 0) is 30.7 Å². The van der Waals surface area contributed by atoms with Crippen LogP contribution in [0.3, 0.4) is 0 Å². The number of carbonyl (C=O) groups excluding carboxylic acids is 1. The van der Waals surface area contributed by atoms with Crippen LogP contribution in [0.1, 0.15) is 22.5 Å². The number of alkyl halides is 3. The Labute approximate surface area is 187 Å². The van der Waals surface area contributed by atoms with E-state index in [1.165, 1.54) is 17.4 Å². The van der Waals surface area contributed by atoms with Gasteiger partial charge >= 0.3 is 6.18 Å². The predicted octanol–water partition coefficient (Wildman–Crippen LogP) is 4.59. The van der Waals surface area contributed by atoms with Crippen molar-refractivity contribution in [3.63, 3.8) is 0 Å². The topological polar surface area (TPSA) is 58.6 Å². The van der Waals surface area contributed by atoms with Crippen LogP contribution in [0.2, 0.25) is 0 Å². The Morgan fingerprint density at radius 3 is 2.62 bits per heavy atom. The number of para-hydroxylation sites is 1. The summed E-state index contributed by atoms with van der Waals surface area (Å²) in [5, 5.41) is 2.45. The van der Waals surface area contributed by atoms with Crippen LogP contribution in [0.4, 0.5) is 19.0 Å². The fraction of sp³-hybridized carbons (Fsp3) is 0.318. The molecule has 1 aliphatic rings. The first kappa shape index (κ1) is 22.1. The van der Waals surface area contributed by atoms with Gasteiger partial charge in [0.15, 0.2) is 0 Å². The van der Waals surface area contributed by atoms with Gasteiger partial charge in [-0.2, -0.15) is 13.2 Å². The Morgan fingerprint density at radius 2 is 1.91 bits per heavy atom. The molecule has 0 saturated carbocycles. The highest BCUT2D eigenvalue weighted by atomic mass is 32.1. The molecule has 168 valence electrons. The summed E-state index contributed by atoms with van der Waals surface area (Å²) in [6.07, 6.45) is -2.89. The molecule has 1 aliphatic heterocycles. The predicted molar refractivity (Wildman–Crippen MR) is 116 cm³/mol. The SMILES string of the molecule is COc1ccccc1-c1nc(C(=O)N2CCCN(c3ccc(C(F)(F)F)cn3)CC2)cs1. The molecule has 2 aromatic heterocycles. The highest BCUT2D eigenvalue weighted by molar-refractivity contribution is 7.13. The summed E-state index contributed by atoms with van der Waals surface area (Å²) in [5.74, 6) is 0.999. The Bertz CT molecular complexity index is 1090. The van der Waals surface area contributed by atoms with Crippen LogP contribution in [-0.4, -0.2) is 54.1 Å². The molecule has 0 radical (unpaired) electrons. The van der Waals surface area contributed by atoms with Crippen LogP contribution in [0.15, 0.2) is 48.0 Å². The number of ether oxygens (including phenoxy) is 1. The van der Waals surface area contributed by atoms with Crippen molar-refractivity contribution in [2.75, 3.05) is 38.2 Å². The fourth-order valence-electron chi connectivity index (χ4n) is 3.57. The smallest absolute Gasteiger partial charge is 0.417 e. The molecule has 1 amide bonds. The minimum atomic E-state index is -4.41. The van der Waals surface area contributed by atoms with Gasteiger partial charge in [-0.1, -0.05) is 12.1 Å². The van der Waals surface area contributed by atoms with E-state index in [9.17, 15) is 18.0 Å². The van der Waals surface area contributed by atoms with E-state index >= 15 is 0 Å². The molecule has 3 aromatic rings. The van der Waals surface area contributed by atoms with Crippen molar-refractivity contribution in [3.05, 3.63) is 59.2 Å². The van der Waals surface area contributed by atoms with E-state index in [0.29, 0.717) is 54.9 Å². The molecule has 0 unspecified atom stereocenters. The lowest BCUT2D eigenvalue weighted by molar-refractivity contribution is -0.137. The molecule has 4 rings (SSSR count). The molecule has 0 N–H and O–H groups in total. The van der Waals surface area contributed by atoms with Crippen LogP contribution in [0, 0.1) is 0 Å². The van der Waals surface area contributed by atoms with Crippen LogP contribution < -0.4 is 9.64 Å². The van der Waals surface area contributed by atoms with Gasteiger partial charge in [0.1, 0.15) is 22.3 Å². The summed E-state index contributed by atoms with van der Waals surface area (Å²) in [6, 6.07) is 9.91. The van der Waals surface area contributed by atoms with Gasteiger partial charge in [-0.3, -0.25) is 4.79 Å². The van der Waals surface area contributed by atoms with Crippen molar-refractivity contribution in [1.29, 1.82) is 0 Å². The third kappa shape index (κ3) is 4.69.